The van der Waals surface area contributed by atoms with E-state index >= 15 is 0 Å². The highest BCUT2D eigenvalue weighted by Crippen LogP contribution is 2.20. The molecule has 1 aliphatic heterocycles. The Morgan fingerprint density at radius 2 is 1.52 bits per heavy atom. The second-order valence-electron chi connectivity index (χ2n) is 6.17. The second-order valence-corrected chi connectivity index (χ2v) is 6.17. The van der Waals surface area contributed by atoms with Gasteiger partial charge in [0.15, 0.2) is 0 Å². The average molecular weight is 292 g/mol. The summed E-state index contributed by atoms with van der Waals surface area (Å²) in [4.78, 5) is 11.4. The number of cyclic esters (lactones) is 1. The van der Waals surface area contributed by atoms with Crippen LogP contribution in [-0.2, 0) is 9.53 Å². The molecule has 0 saturated heterocycles. The first-order chi connectivity index (χ1) is 10.2. The molecule has 1 aliphatic rings. The van der Waals surface area contributed by atoms with E-state index in [4.69, 9.17) is 4.74 Å². The van der Waals surface area contributed by atoms with E-state index < -0.39 is 0 Å². The Labute approximate surface area is 130 Å². The third-order valence-electron chi connectivity index (χ3n) is 4.10. The maximum atomic E-state index is 11.4. The molecule has 2 heteroatoms. The topological polar surface area (TPSA) is 26.3 Å². The van der Waals surface area contributed by atoms with Gasteiger partial charge in [0.05, 0.1) is 0 Å². The summed E-state index contributed by atoms with van der Waals surface area (Å²) >= 11 is 0. The third-order valence-corrected chi connectivity index (χ3v) is 4.10. The number of rotatable bonds is 13. The predicted octanol–water partition coefficient (Wildman–Crippen LogP) is 5.73. The minimum atomic E-state index is -0.0982. The molecule has 0 unspecified atom stereocenters. The van der Waals surface area contributed by atoms with E-state index in [-0.39, 0.29) is 12.1 Å². The number of carbonyl (C=O) groups is 1. The second kappa shape index (κ2) is 11.6. The van der Waals surface area contributed by atoms with Crippen molar-refractivity contribution in [3.05, 3.63) is 24.3 Å². The van der Waals surface area contributed by atoms with Gasteiger partial charge < -0.3 is 4.74 Å². The van der Waals surface area contributed by atoms with Crippen molar-refractivity contribution in [3.63, 3.8) is 0 Å². The smallest absolute Gasteiger partial charge is 0.334 e. The standard InChI is InChI=1S/C19H32O2/c1-3-4-5-6-7-8-9-10-11-12-13-14-15-18-16-17(2)21-19(18)20/h3,16-17H,1,4-15H2,2H3/t17-/m0/s1. The van der Waals surface area contributed by atoms with Crippen LogP contribution >= 0.6 is 0 Å². The average Bonchev–Trinajstić information content (AvgIpc) is 2.78. The maximum absolute atomic E-state index is 11.4. The Morgan fingerprint density at radius 1 is 1.00 bits per heavy atom. The predicted molar refractivity (Wildman–Crippen MR) is 89.2 cm³/mol. The fraction of sp³-hybridized carbons (Fsp3) is 0.737. The van der Waals surface area contributed by atoms with Crippen LogP contribution in [0.4, 0.5) is 0 Å². The van der Waals surface area contributed by atoms with Crippen LogP contribution in [0.25, 0.3) is 0 Å². The number of ether oxygens (including phenoxy) is 1. The minimum absolute atomic E-state index is 0.0148. The molecule has 0 bridgehead atoms. The minimum Gasteiger partial charge on any atom is -0.455 e. The summed E-state index contributed by atoms with van der Waals surface area (Å²) in [5, 5.41) is 0. The van der Waals surface area contributed by atoms with Gasteiger partial charge in [-0.1, -0.05) is 57.4 Å². The van der Waals surface area contributed by atoms with Crippen molar-refractivity contribution in [1.29, 1.82) is 0 Å². The number of hydrogen-bond donors (Lipinski definition) is 0. The molecule has 1 rings (SSSR count). The summed E-state index contributed by atoms with van der Waals surface area (Å²) in [5.41, 5.74) is 0.891. The van der Waals surface area contributed by atoms with Crippen LogP contribution in [0, 0.1) is 0 Å². The Kier molecular flexibility index (Phi) is 9.94. The van der Waals surface area contributed by atoms with Crippen LogP contribution in [0.1, 0.15) is 84.0 Å². The van der Waals surface area contributed by atoms with Crippen LogP contribution in [-0.4, -0.2) is 12.1 Å². The lowest BCUT2D eigenvalue weighted by atomic mass is 10.0. The lowest BCUT2D eigenvalue weighted by molar-refractivity contribution is -0.139. The molecular weight excluding hydrogens is 260 g/mol. The van der Waals surface area contributed by atoms with Gasteiger partial charge in [-0.15, -0.1) is 6.58 Å². The molecule has 1 heterocycles. The van der Waals surface area contributed by atoms with Crippen molar-refractivity contribution < 1.29 is 9.53 Å². The monoisotopic (exact) mass is 292 g/mol. The summed E-state index contributed by atoms with van der Waals surface area (Å²) < 4.78 is 5.09. The highest BCUT2D eigenvalue weighted by molar-refractivity contribution is 5.90. The number of carbonyl (C=O) groups excluding carboxylic acids is 1. The van der Waals surface area contributed by atoms with Gasteiger partial charge in [0.1, 0.15) is 6.10 Å². The lowest BCUT2D eigenvalue weighted by Gasteiger charge is -2.03. The number of esters is 1. The number of allylic oxidation sites excluding steroid dienone is 1. The quantitative estimate of drug-likeness (QED) is 0.246. The molecule has 2 nitrogen and oxygen atoms in total. The van der Waals surface area contributed by atoms with E-state index in [0.29, 0.717) is 0 Å². The molecule has 0 aliphatic carbocycles. The molecule has 0 N–H and O–H groups in total. The van der Waals surface area contributed by atoms with Gasteiger partial charge in [-0.05, 0) is 38.7 Å². The van der Waals surface area contributed by atoms with Crippen LogP contribution in [0.5, 0.6) is 0 Å². The lowest BCUT2D eigenvalue weighted by Crippen LogP contribution is -2.03. The van der Waals surface area contributed by atoms with Gasteiger partial charge >= 0.3 is 5.97 Å². The van der Waals surface area contributed by atoms with Crippen molar-refractivity contribution in [1.82, 2.24) is 0 Å². The van der Waals surface area contributed by atoms with E-state index in [9.17, 15) is 4.79 Å². The van der Waals surface area contributed by atoms with E-state index in [1.54, 1.807) is 0 Å². The molecular formula is C19H32O2. The molecule has 0 amide bonds. The van der Waals surface area contributed by atoms with Crippen LogP contribution < -0.4 is 0 Å². The normalized spacial score (nSPS) is 17.7. The van der Waals surface area contributed by atoms with Crippen LogP contribution in [0.15, 0.2) is 24.3 Å². The first-order valence-corrected chi connectivity index (χ1v) is 8.76. The van der Waals surface area contributed by atoms with Gasteiger partial charge in [0, 0.05) is 5.57 Å². The van der Waals surface area contributed by atoms with Crippen LogP contribution in [0.3, 0.4) is 0 Å². The SMILES string of the molecule is C=CCCCCCCCCCCCCC1=C[C@H](C)OC1=O. The molecule has 0 radical (unpaired) electrons. The van der Waals surface area contributed by atoms with Crippen molar-refractivity contribution in [2.24, 2.45) is 0 Å². The number of hydrogen-bond acceptors (Lipinski definition) is 2. The molecule has 0 fully saturated rings. The number of unbranched alkanes of at least 4 members (excludes halogenated alkanes) is 10. The molecule has 21 heavy (non-hydrogen) atoms. The molecule has 0 aromatic heterocycles. The van der Waals surface area contributed by atoms with Gasteiger partial charge in [0.25, 0.3) is 0 Å². The fourth-order valence-corrected chi connectivity index (χ4v) is 2.83. The molecule has 1 atom stereocenters. The van der Waals surface area contributed by atoms with E-state index in [2.05, 4.69) is 6.58 Å². The highest BCUT2D eigenvalue weighted by atomic mass is 16.5. The molecule has 0 aromatic carbocycles. The van der Waals surface area contributed by atoms with Gasteiger partial charge in [0.2, 0.25) is 0 Å². The third kappa shape index (κ3) is 8.75. The molecule has 0 aromatic rings. The van der Waals surface area contributed by atoms with E-state index in [1.165, 1.54) is 64.2 Å². The van der Waals surface area contributed by atoms with Crippen molar-refractivity contribution in [3.8, 4) is 0 Å². The zero-order valence-corrected chi connectivity index (χ0v) is 13.7. The van der Waals surface area contributed by atoms with E-state index in [0.717, 1.165) is 18.4 Å². The van der Waals surface area contributed by atoms with Crippen molar-refractivity contribution >= 4 is 5.97 Å². The Hall–Kier alpha value is -1.05. The summed E-state index contributed by atoms with van der Waals surface area (Å²) in [7, 11) is 0. The Bertz CT molecular complexity index is 330. The van der Waals surface area contributed by atoms with Crippen LogP contribution in [0.2, 0.25) is 0 Å². The van der Waals surface area contributed by atoms with Gasteiger partial charge in [-0.3, -0.25) is 0 Å². The fourth-order valence-electron chi connectivity index (χ4n) is 2.83. The Balaban J connectivity index is 1.82. The molecule has 0 saturated carbocycles. The largest absolute Gasteiger partial charge is 0.455 e. The molecule has 120 valence electrons. The highest BCUT2D eigenvalue weighted by Gasteiger charge is 2.20. The maximum Gasteiger partial charge on any atom is 0.334 e. The Morgan fingerprint density at radius 3 is 2.00 bits per heavy atom. The summed E-state index contributed by atoms with van der Waals surface area (Å²) in [6.45, 7) is 5.67. The zero-order valence-electron chi connectivity index (χ0n) is 13.7. The zero-order chi connectivity index (χ0) is 15.3. The van der Waals surface area contributed by atoms with Crippen molar-refractivity contribution in [2.45, 2.75) is 90.1 Å². The first-order valence-electron chi connectivity index (χ1n) is 8.76. The summed E-state index contributed by atoms with van der Waals surface area (Å²) in [6, 6.07) is 0. The van der Waals surface area contributed by atoms with E-state index in [1.807, 2.05) is 19.1 Å². The summed E-state index contributed by atoms with van der Waals surface area (Å²) in [5.74, 6) is -0.0982. The summed E-state index contributed by atoms with van der Waals surface area (Å²) in [6.07, 6.45) is 19.2. The first kappa shape index (κ1) is 18.0. The van der Waals surface area contributed by atoms with Gasteiger partial charge in [-0.25, -0.2) is 4.79 Å². The van der Waals surface area contributed by atoms with Gasteiger partial charge in [-0.2, -0.15) is 0 Å². The molecule has 0 spiro atoms. The van der Waals surface area contributed by atoms with Crippen molar-refractivity contribution in [2.75, 3.05) is 0 Å².